The molecule has 0 aromatic heterocycles. The molecule has 0 aliphatic heterocycles. The number of carbonyl (C=O) groups is 1. The smallest absolute Gasteiger partial charge is 0.319 e. The summed E-state index contributed by atoms with van der Waals surface area (Å²) in [6.07, 6.45) is 2.07. The van der Waals surface area contributed by atoms with Crippen molar-refractivity contribution in [3.8, 4) is 0 Å². The maximum Gasteiger partial charge on any atom is 0.319 e. The van der Waals surface area contributed by atoms with E-state index in [4.69, 9.17) is 0 Å². The predicted molar refractivity (Wildman–Crippen MR) is 64.3 cm³/mol. The molecule has 0 unspecified atom stereocenters. The third kappa shape index (κ3) is 3.05. The fourth-order valence-electron chi connectivity index (χ4n) is 1.15. The molecular formula is C10H10FIN2O. The number of hydrogen-bond donors (Lipinski definition) is 2. The molecule has 0 atom stereocenters. The number of rotatable bonds is 2. The van der Waals surface area contributed by atoms with E-state index in [-0.39, 0.29) is 11.8 Å². The van der Waals surface area contributed by atoms with Crippen molar-refractivity contribution in [1.82, 2.24) is 5.32 Å². The van der Waals surface area contributed by atoms with Crippen molar-refractivity contribution in [3.63, 3.8) is 0 Å². The molecule has 0 spiro atoms. The van der Waals surface area contributed by atoms with Crippen LogP contribution in [-0.2, 0) is 0 Å². The highest BCUT2D eigenvalue weighted by Crippen LogP contribution is 2.19. The van der Waals surface area contributed by atoms with Crippen molar-refractivity contribution in [2.45, 2.75) is 18.9 Å². The predicted octanol–water partition coefficient (Wildman–Crippen LogP) is 2.71. The van der Waals surface area contributed by atoms with Gasteiger partial charge in [-0.3, -0.25) is 0 Å². The Hall–Kier alpha value is -0.850. The minimum absolute atomic E-state index is 0.266. The summed E-state index contributed by atoms with van der Waals surface area (Å²) in [6.45, 7) is 0. The molecule has 0 radical (unpaired) electrons. The van der Waals surface area contributed by atoms with Crippen molar-refractivity contribution in [3.05, 3.63) is 27.6 Å². The first kappa shape index (κ1) is 10.7. The lowest BCUT2D eigenvalue weighted by molar-refractivity contribution is 0.251. The molecule has 2 amide bonds. The van der Waals surface area contributed by atoms with E-state index in [1.165, 1.54) is 6.07 Å². The van der Waals surface area contributed by atoms with Crippen LogP contribution in [0, 0.1) is 9.39 Å². The van der Waals surface area contributed by atoms with Crippen molar-refractivity contribution in [2.24, 2.45) is 0 Å². The SMILES string of the molecule is O=C(Nc1ccc(I)c(F)c1)NC1CC1. The molecule has 1 aromatic carbocycles. The Bertz CT molecular complexity index is 393. The van der Waals surface area contributed by atoms with Crippen LogP contribution >= 0.6 is 22.6 Å². The molecule has 15 heavy (non-hydrogen) atoms. The Balaban J connectivity index is 1.97. The molecule has 2 rings (SSSR count). The molecule has 2 N–H and O–H groups in total. The molecule has 1 aliphatic rings. The summed E-state index contributed by atoms with van der Waals surface area (Å²) < 4.78 is 13.7. The largest absolute Gasteiger partial charge is 0.335 e. The topological polar surface area (TPSA) is 41.1 Å². The molecule has 0 saturated heterocycles. The quantitative estimate of drug-likeness (QED) is 0.809. The Labute approximate surface area is 101 Å². The Morgan fingerprint density at radius 1 is 1.47 bits per heavy atom. The Morgan fingerprint density at radius 2 is 2.20 bits per heavy atom. The summed E-state index contributed by atoms with van der Waals surface area (Å²) in [5.74, 6) is -0.320. The van der Waals surface area contributed by atoms with Crippen molar-refractivity contribution < 1.29 is 9.18 Å². The number of benzene rings is 1. The normalized spacial score (nSPS) is 14.8. The van der Waals surface area contributed by atoms with Crippen LogP contribution in [0.15, 0.2) is 18.2 Å². The van der Waals surface area contributed by atoms with Gasteiger partial charge in [-0.25, -0.2) is 9.18 Å². The zero-order chi connectivity index (χ0) is 10.8. The number of carbonyl (C=O) groups excluding carboxylic acids is 1. The Kier molecular flexibility index (Phi) is 3.08. The third-order valence-corrected chi connectivity index (χ3v) is 2.96. The number of urea groups is 1. The van der Waals surface area contributed by atoms with Gasteiger partial charge in [-0.15, -0.1) is 0 Å². The summed E-state index contributed by atoms with van der Waals surface area (Å²) >= 11 is 1.90. The van der Waals surface area contributed by atoms with Gasteiger partial charge < -0.3 is 10.6 Å². The van der Waals surface area contributed by atoms with Gasteiger partial charge in [-0.05, 0) is 53.6 Å². The van der Waals surface area contributed by atoms with Crippen molar-refractivity contribution >= 4 is 34.3 Å². The number of hydrogen-bond acceptors (Lipinski definition) is 1. The summed E-state index contributed by atoms with van der Waals surface area (Å²) in [7, 11) is 0. The van der Waals surface area contributed by atoms with E-state index >= 15 is 0 Å². The Morgan fingerprint density at radius 3 is 2.80 bits per heavy atom. The van der Waals surface area contributed by atoms with Crippen LogP contribution in [-0.4, -0.2) is 12.1 Å². The van der Waals surface area contributed by atoms with E-state index in [0.29, 0.717) is 15.3 Å². The molecule has 1 aliphatic carbocycles. The van der Waals surface area contributed by atoms with Gasteiger partial charge in [-0.1, -0.05) is 0 Å². The zero-order valence-electron chi connectivity index (χ0n) is 7.89. The van der Waals surface area contributed by atoms with E-state index in [2.05, 4.69) is 10.6 Å². The molecule has 1 saturated carbocycles. The lowest BCUT2D eigenvalue weighted by atomic mass is 10.3. The van der Waals surface area contributed by atoms with Gasteiger partial charge in [0.25, 0.3) is 0 Å². The molecule has 0 bridgehead atoms. The second-order valence-electron chi connectivity index (χ2n) is 3.50. The van der Waals surface area contributed by atoms with Crippen LogP contribution in [0.5, 0.6) is 0 Å². The molecule has 0 heterocycles. The molecule has 5 heteroatoms. The molecule has 1 aromatic rings. The van der Waals surface area contributed by atoms with Gasteiger partial charge in [0.15, 0.2) is 0 Å². The van der Waals surface area contributed by atoms with Crippen molar-refractivity contribution in [2.75, 3.05) is 5.32 Å². The fourth-order valence-corrected chi connectivity index (χ4v) is 1.49. The third-order valence-electron chi connectivity index (χ3n) is 2.09. The number of amides is 2. The highest BCUT2D eigenvalue weighted by molar-refractivity contribution is 14.1. The summed E-state index contributed by atoms with van der Waals surface area (Å²) in [4.78, 5) is 11.3. The second kappa shape index (κ2) is 4.34. The monoisotopic (exact) mass is 320 g/mol. The van der Waals surface area contributed by atoms with Gasteiger partial charge in [0.05, 0.1) is 0 Å². The second-order valence-corrected chi connectivity index (χ2v) is 4.66. The van der Waals surface area contributed by atoms with E-state index in [0.717, 1.165) is 12.8 Å². The molecule has 80 valence electrons. The number of anilines is 1. The minimum atomic E-state index is -0.320. The van der Waals surface area contributed by atoms with Crippen molar-refractivity contribution in [1.29, 1.82) is 0 Å². The van der Waals surface area contributed by atoms with E-state index in [1.54, 1.807) is 12.1 Å². The van der Waals surface area contributed by atoms with Gasteiger partial charge >= 0.3 is 6.03 Å². The van der Waals surface area contributed by atoms with Crippen LogP contribution < -0.4 is 10.6 Å². The van der Waals surface area contributed by atoms with E-state index in [9.17, 15) is 9.18 Å². The molecule has 3 nitrogen and oxygen atoms in total. The lowest BCUT2D eigenvalue weighted by Gasteiger charge is -2.06. The summed E-state index contributed by atoms with van der Waals surface area (Å²) in [6, 6.07) is 4.66. The summed E-state index contributed by atoms with van der Waals surface area (Å²) in [5.41, 5.74) is 0.478. The van der Waals surface area contributed by atoms with Gasteiger partial charge in [0, 0.05) is 15.3 Å². The molecule has 1 fully saturated rings. The minimum Gasteiger partial charge on any atom is -0.335 e. The summed E-state index contributed by atoms with van der Waals surface area (Å²) in [5, 5.41) is 5.35. The number of halogens is 2. The maximum atomic E-state index is 13.1. The van der Waals surface area contributed by atoms with Crippen LogP contribution in [0.25, 0.3) is 0 Å². The average molecular weight is 320 g/mol. The fraction of sp³-hybridized carbons (Fsp3) is 0.300. The molecular weight excluding hydrogens is 310 g/mol. The van der Waals surface area contributed by atoms with Crippen LogP contribution in [0.1, 0.15) is 12.8 Å². The lowest BCUT2D eigenvalue weighted by Crippen LogP contribution is -2.30. The first-order valence-electron chi connectivity index (χ1n) is 4.68. The highest BCUT2D eigenvalue weighted by atomic mass is 127. The zero-order valence-corrected chi connectivity index (χ0v) is 10.0. The van der Waals surface area contributed by atoms with Crippen LogP contribution in [0.3, 0.4) is 0 Å². The van der Waals surface area contributed by atoms with Crippen LogP contribution in [0.4, 0.5) is 14.9 Å². The average Bonchev–Trinajstić information content (AvgIpc) is 2.95. The highest BCUT2D eigenvalue weighted by Gasteiger charge is 2.23. The van der Waals surface area contributed by atoms with E-state index < -0.39 is 0 Å². The van der Waals surface area contributed by atoms with E-state index in [1.807, 2.05) is 22.6 Å². The number of nitrogens with one attached hydrogen (secondary N) is 2. The first-order valence-corrected chi connectivity index (χ1v) is 5.75. The first-order chi connectivity index (χ1) is 7.15. The van der Waals surface area contributed by atoms with Gasteiger partial charge in [0.1, 0.15) is 5.82 Å². The standard InChI is InChI=1S/C10H10FIN2O/c11-8-5-7(3-4-9(8)12)14-10(15)13-6-1-2-6/h3-6H,1-2H2,(H2,13,14,15). The van der Waals surface area contributed by atoms with Gasteiger partial charge in [-0.2, -0.15) is 0 Å². The van der Waals surface area contributed by atoms with Crippen LogP contribution in [0.2, 0.25) is 0 Å². The van der Waals surface area contributed by atoms with Gasteiger partial charge in [0.2, 0.25) is 0 Å². The maximum absolute atomic E-state index is 13.1.